The number of hydrogen-bond donors (Lipinski definition) is 1. The van der Waals surface area contributed by atoms with E-state index in [0.29, 0.717) is 0 Å². The molecule has 0 radical (unpaired) electrons. The minimum atomic E-state index is 0.865. The zero-order valence-corrected chi connectivity index (χ0v) is 16.5. The SMILES string of the molecule is COc1ccccc1-[n+]1cc(-c2ccc(-c3ccccc3)cc2)n2c1NCCC2. The summed E-state index contributed by atoms with van der Waals surface area (Å²) in [5.74, 6) is 1.96. The van der Waals surface area contributed by atoms with Crippen molar-refractivity contribution in [3.8, 4) is 33.8 Å². The van der Waals surface area contributed by atoms with E-state index in [9.17, 15) is 0 Å². The molecule has 0 saturated heterocycles. The van der Waals surface area contributed by atoms with Crippen molar-refractivity contribution >= 4 is 5.95 Å². The lowest BCUT2D eigenvalue weighted by Gasteiger charge is -2.14. The lowest BCUT2D eigenvalue weighted by Crippen LogP contribution is -2.36. The number of nitrogens with zero attached hydrogens (tertiary/aromatic N) is 2. The molecule has 1 aliphatic heterocycles. The van der Waals surface area contributed by atoms with Crippen LogP contribution in [0.2, 0.25) is 0 Å². The number of para-hydroxylation sites is 2. The van der Waals surface area contributed by atoms with Gasteiger partial charge in [0.05, 0.1) is 20.2 Å². The van der Waals surface area contributed by atoms with Crippen LogP contribution in [0.1, 0.15) is 6.42 Å². The summed E-state index contributed by atoms with van der Waals surface area (Å²) in [6.07, 6.45) is 3.33. The summed E-state index contributed by atoms with van der Waals surface area (Å²) in [5.41, 5.74) is 5.93. The molecule has 3 aromatic carbocycles. The fourth-order valence-corrected chi connectivity index (χ4v) is 4.05. The number of fused-ring (bicyclic) bond motifs is 1. The van der Waals surface area contributed by atoms with E-state index in [1.807, 2.05) is 24.3 Å². The summed E-state index contributed by atoms with van der Waals surface area (Å²) in [6.45, 7) is 1.98. The molecule has 0 saturated carbocycles. The van der Waals surface area contributed by atoms with Crippen molar-refractivity contribution < 1.29 is 9.30 Å². The molecule has 4 nitrogen and oxygen atoms in total. The van der Waals surface area contributed by atoms with Crippen LogP contribution in [0.5, 0.6) is 5.75 Å². The predicted molar refractivity (Wildman–Crippen MR) is 116 cm³/mol. The molecule has 0 spiro atoms. The Kier molecular flexibility index (Phi) is 4.53. The Hall–Kier alpha value is -3.53. The maximum Gasteiger partial charge on any atom is 0.363 e. The number of nitrogens with one attached hydrogen (secondary N) is 1. The van der Waals surface area contributed by atoms with Gasteiger partial charge in [-0.25, -0.2) is 4.57 Å². The van der Waals surface area contributed by atoms with Gasteiger partial charge >= 0.3 is 5.95 Å². The fourth-order valence-electron chi connectivity index (χ4n) is 4.05. The van der Waals surface area contributed by atoms with Gasteiger partial charge in [0, 0.05) is 12.0 Å². The molecule has 2 heterocycles. The highest BCUT2D eigenvalue weighted by atomic mass is 16.5. The Morgan fingerprint density at radius 1 is 0.828 bits per heavy atom. The first-order valence-corrected chi connectivity index (χ1v) is 10.0. The zero-order valence-electron chi connectivity index (χ0n) is 16.5. The van der Waals surface area contributed by atoms with Crippen molar-refractivity contribution in [2.45, 2.75) is 13.0 Å². The normalized spacial score (nSPS) is 12.9. The van der Waals surface area contributed by atoms with Crippen molar-refractivity contribution in [2.24, 2.45) is 0 Å². The van der Waals surface area contributed by atoms with E-state index in [-0.39, 0.29) is 0 Å². The van der Waals surface area contributed by atoms with Crippen LogP contribution >= 0.6 is 0 Å². The lowest BCUT2D eigenvalue weighted by atomic mass is 10.0. The third-order valence-corrected chi connectivity index (χ3v) is 5.50. The second kappa shape index (κ2) is 7.47. The second-order valence-corrected chi connectivity index (χ2v) is 7.26. The van der Waals surface area contributed by atoms with Crippen LogP contribution in [0.4, 0.5) is 5.95 Å². The largest absolute Gasteiger partial charge is 0.493 e. The van der Waals surface area contributed by atoms with Crippen LogP contribution in [0.3, 0.4) is 0 Å². The molecular formula is C25H24N3O+. The van der Waals surface area contributed by atoms with Crippen molar-refractivity contribution in [2.75, 3.05) is 19.0 Å². The molecule has 1 aromatic heterocycles. The molecule has 4 aromatic rings. The van der Waals surface area contributed by atoms with Crippen LogP contribution < -0.4 is 14.6 Å². The summed E-state index contributed by atoms with van der Waals surface area (Å²) in [7, 11) is 1.72. The van der Waals surface area contributed by atoms with Gasteiger partial charge in [-0.1, -0.05) is 66.7 Å². The molecule has 0 atom stereocenters. The van der Waals surface area contributed by atoms with Crippen LogP contribution in [0.25, 0.3) is 28.1 Å². The third kappa shape index (κ3) is 3.17. The molecule has 1 aliphatic rings. The van der Waals surface area contributed by atoms with Gasteiger partial charge < -0.3 is 4.74 Å². The number of rotatable bonds is 4. The smallest absolute Gasteiger partial charge is 0.363 e. The molecular weight excluding hydrogens is 358 g/mol. The molecule has 29 heavy (non-hydrogen) atoms. The molecule has 1 N–H and O–H groups in total. The average Bonchev–Trinajstić information content (AvgIpc) is 3.19. The van der Waals surface area contributed by atoms with Gasteiger partial charge in [-0.15, -0.1) is 0 Å². The van der Waals surface area contributed by atoms with Crippen LogP contribution in [0, 0.1) is 0 Å². The first-order chi connectivity index (χ1) is 14.3. The lowest BCUT2D eigenvalue weighted by molar-refractivity contribution is -0.580. The topological polar surface area (TPSA) is 30.1 Å². The Bertz CT molecular complexity index is 1130. The van der Waals surface area contributed by atoms with E-state index in [1.165, 1.54) is 22.4 Å². The monoisotopic (exact) mass is 382 g/mol. The Labute approximate surface area is 171 Å². The van der Waals surface area contributed by atoms with Crippen LogP contribution in [-0.4, -0.2) is 18.2 Å². The summed E-state index contributed by atoms with van der Waals surface area (Å²) < 4.78 is 10.2. The maximum absolute atomic E-state index is 5.61. The minimum Gasteiger partial charge on any atom is -0.493 e. The predicted octanol–water partition coefficient (Wildman–Crippen LogP) is 4.92. The Balaban J connectivity index is 1.60. The number of imidazole rings is 1. The second-order valence-electron chi connectivity index (χ2n) is 7.26. The van der Waals surface area contributed by atoms with Crippen molar-refractivity contribution in [1.82, 2.24) is 4.57 Å². The summed E-state index contributed by atoms with van der Waals surface area (Å²) in [5, 5.41) is 3.58. The fraction of sp³-hybridized carbons (Fsp3) is 0.160. The molecule has 0 fully saturated rings. The Morgan fingerprint density at radius 3 is 2.31 bits per heavy atom. The van der Waals surface area contributed by atoms with E-state index in [4.69, 9.17) is 4.74 Å². The van der Waals surface area contributed by atoms with E-state index in [0.717, 1.165) is 36.9 Å². The van der Waals surface area contributed by atoms with E-state index in [2.05, 4.69) is 75.2 Å². The average molecular weight is 382 g/mol. The molecule has 0 unspecified atom stereocenters. The third-order valence-electron chi connectivity index (χ3n) is 5.50. The summed E-state index contributed by atoms with van der Waals surface area (Å²) in [6, 6.07) is 27.5. The number of ether oxygens (including phenoxy) is 1. The Morgan fingerprint density at radius 2 is 1.52 bits per heavy atom. The zero-order chi connectivity index (χ0) is 19.6. The number of anilines is 1. The molecule has 144 valence electrons. The number of hydrogen-bond acceptors (Lipinski definition) is 2. The van der Waals surface area contributed by atoms with Gasteiger partial charge in [-0.3, -0.25) is 5.32 Å². The van der Waals surface area contributed by atoms with Gasteiger partial charge in [0.2, 0.25) is 0 Å². The van der Waals surface area contributed by atoms with E-state index >= 15 is 0 Å². The van der Waals surface area contributed by atoms with Crippen molar-refractivity contribution in [1.29, 1.82) is 0 Å². The van der Waals surface area contributed by atoms with Gasteiger partial charge in [-0.05, 0) is 23.3 Å². The summed E-state index contributed by atoms with van der Waals surface area (Å²) >= 11 is 0. The van der Waals surface area contributed by atoms with Crippen LogP contribution in [-0.2, 0) is 6.54 Å². The molecule has 0 aliphatic carbocycles. The van der Waals surface area contributed by atoms with Crippen molar-refractivity contribution in [3.05, 3.63) is 85.1 Å². The van der Waals surface area contributed by atoms with Crippen molar-refractivity contribution in [3.63, 3.8) is 0 Å². The minimum absolute atomic E-state index is 0.865. The standard InChI is InChI=1S/C25H23N3O/c1-29-24-11-6-5-10-22(24)28-18-23(27-17-7-16-26-25(27)28)21-14-12-20(13-15-21)19-8-3-2-4-9-19/h2-6,8-15,18H,7,16-17H2,1H3/p+1. The van der Waals surface area contributed by atoms with E-state index in [1.54, 1.807) is 7.11 Å². The maximum atomic E-state index is 5.61. The quantitative estimate of drug-likeness (QED) is 0.508. The number of methoxy groups -OCH3 is 1. The number of aromatic nitrogens is 2. The van der Waals surface area contributed by atoms with Gasteiger partial charge in [-0.2, -0.15) is 4.57 Å². The first kappa shape index (κ1) is 17.6. The van der Waals surface area contributed by atoms with Crippen LogP contribution in [0.15, 0.2) is 85.1 Å². The first-order valence-electron chi connectivity index (χ1n) is 10.0. The molecule has 4 heteroatoms. The summed E-state index contributed by atoms with van der Waals surface area (Å²) in [4.78, 5) is 0. The molecule has 0 amide bonds. The molecule has 0 bridgehead atoms. The molecule has 5 rings (SSSR count). The van der Waals surface area contributed by atoms with Gasteiger partial charge in [0.15, 0.2) is 5.75 Å². The van der Waals surface area contributed by atoms with Gasteiger partial charge in [0.1, 0.15) is 17.6 Å². The van der Waals surface area contributed by atoms with E-state index < -0.39 is 0 Å². The highest BCUT2D eigenvalue weighted by Crippen LogP contribution is 2.29. The highest BCUT2D eigenvalue weighted by molar-refractivity contribution is 5.69. The van der Waals surface area contributed by atoms with Gasteiger partial charge in [0.25, 0.3) is 0 Å². The highest BCUT2D eigenvalue weighted by Gasteiger charge is 2.28. The number of benzene rings is 3.